The van der Waals surface area contributed by atoms with Crippen LogP contribution in [0.3, 0.4) is 0 Å². The van der Waals surface area contributed by atoms with E-state index in [1.165, 1.54) is 19.1 Å². The minimum absolute atomic E-state index is 0.447. The molecule has 2 aromatic heterocycles. The molecular formula is C20H23N7O. The van der Waals surface area contributed by atoms with Gasteiger partial charge in [-0.25, -0.2) is 4.98 Å². The van der Waals surface area contributed by atoms with Crippen molar-refractivity contribution in [3.05, 3.63) is 54.0 Å². The fraction of sp³-hybridized carbons (Fsp3) is 0.300. The summed E-state index contributed by atoms with van der Waals surface area (Å²) >= 11 is 0. The average molecular weight is 377 g/mol. The van der Waals surface area contributed by atoms with E-state index >= 15 is 0 Å². The van der Waals surface area contributed by atoms with Crippen LogP contribution in [0.5, 0.6) is 5.75 Å². The summed E-state index contributed by atoms with van der Waals surface area (Å²) in [6.45, 7) is 1.37. The van der Waals surface area contributed by atoms with Crippen molar-refractivity contribution in [1.82, 2.24) is 19.7 Å². The quantitative estimate of drug-likeness (QED) is 0.495. The average Bonchev–Trinajstić information content (AvgIpc) is 3.46. The molecule has 1 fully saturated rings. The first-order valence-corrected chi connectivity index (χ1v) is 9.28. The van der Waals surface area contributed by atoms with Crippen LogP contribution in [0, 0.1) is 11.3 Å². The predicted molar refractivity (Wildman–Crippen MR) is 108 cm³/mol. The number of anilines is 3. The summed E-state index contributed by atoms with van der Waals surface area (Å²) in [4.78, 5) is 8.76. The third kappa shape index (κ3) is 4.64. The summed E-state index contributed by atoms with van der Waals surface area (Å²) in [6, 6.07) is 8.05. The first-order valence-electron chi connectivity index (χ1n) is 9.28. The highest BCUT2D eigenvalue weighted by Crippen LogP contribution is 2.29. The van der Waals surface area contributed by atoms with Crippen LogP contribution in [0.4, 0.5) is 17.5 Å². The van der Waals surface area contributed by atoms with Crippen molar-refractivity contribution in [2.24, 2.45) is 13.0 Å². The lowest BCUT2D eigenvalue weighted by molar-refractivity contribution is 0.299. The number of hydrogen-bond acceptors (Lipinski definition) is 7. The highest BCUT2D eigenvalue weighted by Gasteiger charge is 2.21. The third-order valence-corrected chi connectivity index (χ3v) is 4.47. The molecule has 4 rings (SSSR count). The summed E-state index contributed by atoms with van der Waals surface area (Å²) < 4.78 is 7.55. The molecule has 8 nitrogen and oxygen atoms in total. The Kier molecular flexibility index (Phi) is 5.18. The third-order valence-electron chi connectivity index (χ3n) is 4.47. The standard InChI is InChI=1S/C20H23N7O/c1-27-12-17(11-24-27)25-20-23-10-16(8-21)19(26-20)22-9-15-3-2-4-18(7-15)28-13-14-5-6-14/h2-4,7-8,10-12,14,21H,5-6,9,13H2,1H3,(H2,22,23,25,26). The molecule has 0 amide bonds. The van der Waals surface area contributed by atoms with Crippen LogP contribution in [0.1, 0.15) is 24.0 Å². The van der Waals surface area contributed by atoms with E-state index in [1.807, 2.05) is 37.5 Å². The molecule has 2 heterocycles. The Morgan fingerprint density at radius 3 is 2.96 bits per heavy atom. The summed E-state index contributed by atoms with van der Waals surface area (Å²) in [5.74, 6) is 2.66. The first-order chi connectivity index (χ1) is 13.7. The minimum atomic E-state index is 0.447. The molecule has 3 aromatic rings. The number of nitrogens with one attached hydrogen (secondary N) is 3. The SMILES string of the molecule is Cn1cc(Nc2ncc(C=N)c(NCc3cccc(OCC4CC4)c3)n2)cn1. The Morgan fingerprint density at radius 1 is 1.32 bits per heavy atom. The zero-order valence-electron chi connectivity index (χ0n) is 15.7. The molecule has 0 radical (unpaired) electrons. The molecule has 8 heteroatoms. The van der Waals surface area contributed by atoms with Gasteiger partial charge in [-0.2, -0.15) is 10.1 Å². The Balaban J connectivity index is 1.43. The summed E-state index contributed by atoms with van der Waals surface area (Å²) in [6.07, 6.45) is 8.96. The van der Waals surface area contributed by atoms with Gasteiger partial charge in [-0.15, -0.1) is 0 Å². The second kappa shape index (κ2) is 8.08. The molecule has 0 bridgehead atoms. The first kappa shape index (κ1) is 18.0. The van der Waals surface area contributed by atoms with Crippen LogP contribution in [-0.4, -0.2) is 32.6 Å². The van der Waals surface area contributed by atoms with E-state index in [0.29, 0.717) is 23.9 Å². The van der Waals surface area contributed by atoms with Crippen LogP contribution in [0.15, 0.2) is 42.9 Å². The molecule has 0 atom stereocenters. The van der Waals surface area contributed by atoms with Gasteiger partial charge in [-0.05, 0) is 36.5 Å². The van der Waals surface area contributed by atoms with Gasteiger partial charge in [0.2, 0.25) is 5.95 Å². The highest BCUT2D eigenvalue weighted by atomic mass is 16.5. The Labute approximate surface area is 163 Å². The number of benzene rings is 1. The van der Waals surface area contributed by atoms with E-state index in [9.17, 15) is 0 Å². The normalized spacial score (nSPS) is 13.2. The minimum Gasteiger partial charge on any atom is -0.493 e. The Morgan fingerprint density at radius 2 is 2.21 bits per heavy atom. The van der Waals surface area contributed by atoms with Crippen molar-refractivity contribution < 1.29 is 4.74 Å². The molecule has 0 unspecified atom stereocenters. The van der Waals surface area contributed by atoms with E-state index in [2.05, 4.69) is 25.7 Å². The van der Waals surface area contributed by atoms with Crippen molar-refractivity contribution in [3.63, 3.8) is 0 Å². The van der Waals surface area contributed by atoms with Crippen molar-refractivity contribution >= 4 is 23.7 Å². The van der Waals surface area contributed by atoms with Crippen molar-refractivity contribution in [1.29, 1.82) is 5.41 Å². The topological polar surface area (TPSA) is 101 Å². The maximum Gasteiger partial charge on any atom is 0.229 e. The molecule has 28 heavy (non-hydrogen) atoms. The van der Waals surface area contributed by atoms with Crippen LogP contribution in [0.2, 0.25) is 0 Å². The van der Waals surface area contributed by atoms with Gasteiger partial charge in [0, 0.05) is 32.2 Å². The van der Waals surface area contributed by atoms with Crippen LogP contribution >= 0.6 is 0 Å². The molecule has 0 aliphatic heterocycles. The molecule has 1 aliphatic rings. The van der Waals surface area contributed by atoms with Crippen molar-refractivity contribution in [2.45, 2.75) is 19.4 Å². The predicted octanol–water partition coefficient (Wildman–Crippen LogP) is 3.35. The lowest BCUT2D eigenvalue weighted by atomic mass is 10.2. The molecule has 144 valence electrons. The summed E-state index contributed by atoms with van der Waals surface area (Å²) in [5.41, 5.74) is 2.51. The van der Waals surface area contributed by atoms with Crippen molar-refractivity contribution in [2.75, 3.05) is 17.2 Å². The monoisotopic (exact) mass is 377 g/mol. The summed E-state index contributed by atoms with van der Waals surface area (Å²) in [7, 11) is 1.85. The van der Waals surface area contributed by atoms with E-state index < -0.39 is 0 Å². The van der Waals surface area contributed by atoms with E-state index in [1.54, 1.807) is 17.1 Å². The number of nitrogens with zero attached hydrogens (tertiary/aromatic N) is 4. The van der Waals surface area contributed by atoms with Gasteiger partial charge >= 0.3 is 0 Å². The largest absolute Gasteiger partial charge is 0.493 e. The molecule has 0 saturated heterocycles. The zero-order chi connectivity index (χ0) is 19.3. The smallest absolute Gasteiger partial charge is 0.229 e. The van der Waals surface area contributed by atoms with E-state index in [4.69, 9.17) is 10.1 Å². The number of rotatable bonds is 9. The zero-order valence-corrected chi connectivity index (χ0v) is 15.7. The molecular weight excluding hydrogens is 354 g/mol. The van der Waals surface area contributed by atoms with Gasteiger partial charge in [0.25, 0.3) is 0 Å². The van der Waals surface area contributed by atoms with Gasteiger partial charge in [0.15, 0.2) is 0 Å². The number of aryl methyl sites for hydroxylation is 1. The lowest BCUT2D eigenvalue weighted by Gasteiger charge is -2.11. The van der Waals surface area contributed by atoms with E-state index in [0.717, 1.165) is 29.5 Å². The fourth-order valence-electron chi connectivity index (χ4n) is 2.74. The Hall–Kier alpha value is -3.42. The molecule has 1 aromatic carbocycles. The van der Waals surface area contributed by atoms with Gasteiger partial charge in [-0.1, -0.05) is 12.1 Å². The van der Waals surface area contributed by atoms with Crippen LogP contribution in [0.25, 0.3) is 0 Å². The second-order valence-electron chi connectivity index (χ2n) is 6.92. The van der Waals surface area contributed by atoms with Gasteiger partial charge in [0.05, 0.1) is 24.1 Å². The van der Waals surface area contributed by atoms with Gasteiger partial charge < -0.3 is 20.8 Å². The maximum absolute atomic E-state index is 7.60. The lowest BCUT2D eigenvalue weighted by Crippen LogP contribution is -2.08. The number of ether oxygens (including phenoxy) is 1. The fourth-order valence-corrected chi connectivity index (χ4v) is 2.74. The van der Waals surface area contributed by atoms with Crippen LogP contribution < -0.4 is 15.4 Å². The second-order valence-corrected chi connectivity index (χ2v) is 6.92. The van der Waals surface area contributed by atoms with Gasteiger partial charge in [-0.3, -0.25) is 4.68 Å². The van der Waals surface area contributed by atoms with Crippen molar-refractivity contribution in [3.8, 4) is 5.75 Å². The number of hydrogen-bond donors (Lipinski definition) is 3. The highest BCUT2D eigenvalue weighted by molar-refractivity contribution is 5.84. The Bertz CT molecular complexity index is 965. The van der Waals surface area contributed by atoms with Gasteiger partial charge in [0.1, 0.15) is 11.6 Å². The molecule has 3 N–H and O–H groups in total. The van der Waals surface area contributed by atoms with Crippen LogP contribution in [-0.2, 0) is 13.6 Å². The summed E-state index contributed by atoms with van der Waals surface area (Å²) in [5, 5.41) is 18.1. The maximum atomic E-state index is 7.60. The molecule has 1 saturated carbocycles. The van der Waals surface area contributed by atoms with E-state index in [-0.39, 0.29) is 0 Å². The molecule has 1 aliphatic carbocycles. The molecule has 0 spiro atoms. The number of aromatic nitrogens is 4.